The van der Waals surface area contributed by atoms with Gasteiger partial charge in [-0.05, 0) is 25.0 Å². The predicted octanol–water partition coefficient (Wildman–Crippen LogP) is 1.17. The number of aromatic nitrogens is 3. The van der Waals surface area contributed by atoms with Crippen LogP contribution in [0.1, 0.15) is 17.4 Å². The van der Waals surface area contributed by atoms with Crippen molar-refractivity contribution in [1.29, 1.82) is 0 Å². The van der Waals surface area contributed by atoms with E-state index in [-0.39, 0.29) is 30.3 Å². The first kappa shape index (κ1) is 16.1. The fraction of sp³-hybridized carbons (Fsp3) is 0.529. The third-order valence-corrected chi connectivity index (χ3v) is 4.92. The number of aryl methyl sites for hydroxylation is 1. The van der Waals surface area contributed by atoms with E-state index in [1.54, 1.807) is 13.0 Å². The summed E-state index contributed by atoms with van der Waals surface area (Å²) >= 11 is 0. The summed E-state index contributed by atoms with van der Waals surface area (Å²) in [6, 6.07) is 2.86. The SMILES string of the molecule is Cc1noc(C[C@@H]2CO[C@@H]3CN(C(=O)Cc4ccc(F)cn4)C[C@H]23)n1. The lowest BCUT2D eigenvalue weighted by molar-refractivity contribution is -0.130. The quantitative estimate of drug-likeness (QED) is 0.827. The van der Waals surface area contributed by atoms with E-state index in [4.69, 9.17) is 9.26 Å². The van der Waals surface area contributed by atoms with Crippen molar-refractivity contribution in [2.45, 2.75) is 25.9 Å². The first-order valence-corrected chi connectivity index (χ1v) is 8.37. The van der Waals surface area contributed by atoms with Gasteiger partial charge in [0.05, 0.1) is 25.3 Å². The minimum atomic E-state index is -0.403. The third kappa shape index (κ3) is 3.39. The molecule has 4 heterocycles. The number of rotatable bonds is 4. The first-order valence-electron chi connectivity index (χ1n) is 8.37. The molecule has 7 nitrogen and oxygen atoms in total. The largest absolute Gasteiger partial charge is 0.376 e. The van der Waals surface area contributed by atoms with Crippen LogP contribution >= 0.6 is 0 Å². The van der Waals surface area contributed by atoms with E-state index in [0.29, 0.717) is 43.5 Å². The number of fused-ring (bicyclic) bond motifs is 1. The fourth-order valence-electron chi connectivity index (χ4n) is 3.64. The number of carbonyl (C=O) groups excluding carboxylic acids is 1. The topological polar surface area (TPSA) is 81.4 Å². The van der Waals surface area contributed by atoms with E-state index in [0.717, 1.165) is 6.20 Å². The summed E-state index contributed by atoms with van der Waals surface area (Å²) in [5, 5.41) is 3.82. The Morgan fingerprint density at radius 2 is 2.28 bits per heavy atom. The van der Waals surface area contributed by atoms with Gasteiger partial charge in [-0.2, -0.15) is 4.98 Å². The number of pyridine rings is 1. The zero-order valence-corrected chi connectivity index (χ0v) is 13.9. The Balaban J connectivity index is 1.37. The monoisotopic (exact) mass is 346 g/mol. The van der Waals surface area contributed by atoms with Crippen LogP contribution in [0.4, 0.5) is 4.39 Å². The van der Waals surface area contributed by atoms with Gasteiger partial charge in [0, 0.05) is 31.1 Å². The molecule has 2 aromatic rings. The van der Waals surface area contributed by atoms with Crippen LogP contribution in [-0.4, -0.2) is 51.7 Å². The van der Waals surface area contributed by atoms with E-state index in [2.05, 4.69) is 15.1 Å². The molecule has 0 aromatic carbocycles. The molecular formula is C17H19FN4O3. The number of amides is 1. The van der Waals surface area contributed by atoms with Crippen LogP contribution in [0.5, 0.6) is 0 Å². The Morgan fingerprint density at radius 1 is 1.40 bits per heavy atom. The fourth-order valence-corrected chi connectivity index (χ4v) is 3.64. The average Bonchev–Trinajstić information content (AvgIpc) is 3.27. The van der Waals surface area contributed by atoms with Gasteiger partial charge in [0.2, 0.25) is 11.8 Å². The maximum absolute atomic E-state index is 12.9. The highest BCUT2D eigenvalue weighted by Crippen LogP contribution is 2.35. The van der Waals surface area contributed by atoms with Crippen molar-refractivity contribution in [2.75, 3.05) is 19.7 Å². The van der Waals surface area contributed by atoms with Crippen molar-refractivity contribution in [1.82, 2.24) is 20.0 Å². The van der Waals surface area contributed by atoms with Crippen LogP contribution in [0.2, 0.25) is 0 Å². The van der Waals surface area contributed by atoms with Gasteiger partial charge < -0.3 is 14.2 Å². The molecule has 2 aliphatic heterocycles. The number of hydrogen-bond acceptors (Lipinski definition) is 6. The van der Waals surface area contributed by atoms with Crippen LogP contribution in [-0.2, 0) is 22.4 Å². The third-order valence-electron chi connectivity index (χ3n) is 4.92. The Bertz CT molecular complexity index is 764. The van der Waals surface area contributed by atoms with Gasteiger partial charge >= 0.3 is 0 Å². The average molecular weight is 346 g/mol. The number of nitrogens with zero attached hydrogens (tertiary/aromatic N) is 4. The first-order chi connectivity index (χ1) is 12.1. The van der Waals surface area contributed by atoms with E-state index in [9.17, 15) is 9.18 Å². The maximum Gasteiger partial charge on any atom is 0.228 e. The van der Waals surface area contributed by atoms with E-state index >= 15 is 0 Å². The molecule has 0 spiro atoms. The molecule has 0 N–H and O–H groups in total. The van der Waals surface area contributed by atoms with E-state index < -0.39 is 5.82 Å². The number of halogens is 1. The summed E-state index contributed by atoms with van der Waals surface area (Å²) in [5.41, 5.74) is 0.572. The summed E-state index contributed by atoms with van der Waals surface area (Å²) in [6.07, 6.45) is 2.03. The summed E-state index contributed by atoms with van der Waals surface area (Å²) in [4.78, 5) is 22.5. The molecule has 8 heteroatoms. The zero-order chi connectivity index (χ0) is 17.4. The highest BCUT2D eigenvalue weighted by molar-refractivity contribution is 5.78. The van der Waals surface area contributed by atoms with Gasteiger partial charge in [-0.3, -0.25) is 9.78 Å². The molecule has 2 aromatic heterocycles. The Hall–Kier alpha value is -2.35. The van der Waals surface area contributed by atoms with Gasteiger partial charge in [0.25, 0.3) is 0 Å². The molecular weight excluding hydrogens is 327 g/mol. The van der Waals surface area contributed by atoms with Crippen LogP contribution < -0.4 is 0 Å². The van der Waals surface area contributed by atoms with Crippen LogP contribution in [0.25, 0.3) is 0 Å². The molecule has 0 unspecified atom stereocenters. The Kier molecular flexibility index (Phi) is 4.20. The molecule has 0 aliphatic carbocycles. The molecule has 0 radical (unpaired) electrons. The Morgan fingerprint density at radius 3 is 3.00 bits per heavy atom. The standard InChI is InChI=1S/C17H19FN4O3/c1-10-20-16(25-21-10)4-11-9-24-15-8-22(7-14(11)15)17(23)5-13-3-2-12(18)6-19-13/h2-3,6,11,14-15H,4-5,7-9H2,1H3/t11-,14-,15-/m1/s1. The molecule has 2 fully saturated rings. The molecule has 25 heavy (non-hydrogen) atoms. The lowest BCUT2D eigenvalue weighted by Crippen LogP contribution is -2.32. The second-order valence-electron chi connectivity index (χ2n) is 6.68. The summed E-state index contributed by atoms with van der Waals surface area (Å²) < 4.78 is 24.0. The molecule has 3 atom stereocenters. The number of carbonyl (C=O) groups is 1. The summed E-state index contributed by atoms with van der Waals surface area (Å²) in [5.74, 6) is 1.38. The molecule has 2 aliphatic rings. The van der Waals surface area contributed by atoms with Crippen LogP contribution in [0, 0.1) is 24.6 Å². The van der Waals surface area contributed by atoms with Crippen molar-refractivity contribution < 1.29 is 18.4 Å². The molecule has 0 bridgehead atoms. The van der Waals surface area contributed by atoms with Gasteiger partial charge in [-0.1, -0.05) is 5.16 Å². The van der Waals surface area contributed by atoms with E-state index in [1.165, 1.54) is 6.07 Å². The van der Waals surface area contributed by atoms with Crippen molar-refractivity contribution in [2.24, 2.45) is 11.8 Å². The minimum Gasteiger partial charge on any atom is -0.376 e. The van der Waals surface area contributed by atoms with Gasteiger partial charge in [0.15, 0.2) is 5.82 Å². The summed E-state index contributed by atoms with van der Waals surface area (Å²) in [7, 11) is 0. The van der Waals surface area contributed by atoms with Gasteiger partial charge in [-0.25, -0.2) is 4.39 Å². The lowest BCUT2D eigenvalue weighted by Gasteiger charge is -2.19. The van der Waals surface area contributed by atoms with Crippen LogP contribution in [0.15, 0.2) is 22.9 Å². The lowest BCUT2D eigenvalue weighted by atomic mass is 9.90. The minimum absolute atomic E-state index is 0.00973. The Labute approximate surface area is 144 Å². The summed E-state index contributed by atoms with van der Waals surface area (Å²) in [6.45, 7) is 3.69. The van der Waals surface area contributed by atoms with Gasteiger partial charge in [0.1, 0.15) is 5.82 Å². The number of hydrogen-bond donors (Lipinski definition) is 0. The normalized spacial score (nSPS) is 25.4. The van der Waals surface area contributed by atoms with Crippen molar-refractivity contribution >= 4 is 5.91 Å². The molecule has 0 saturated carbocycles. The maximum atomic E-state index is 12.9. The highest BCUT2D eigenvalue weighted by atomic mass is 19.1. The number of ether oxygens (including phenoxy) is 1. The highest BCUT2D eigenvalue weighted by Gasteiger charge is 2.45. The van der Waals surface area contributed by atoms with Crippen LogP contribution in [0.3, 0.4) is 0 Å². The zero-order valence-electron chi connectivity index (χ0n) is 13.9. The molecule has 132 valence electrons. The molecule has 2 saturated heterocycles. The second kappa shape index (κ2) is 6.51. The smallest absolute Gasteiger partial charge is 0.228 e. The predicted molar refractivity (Wildman–Crippen MR) is 83.9 cm³/mol. The molecule has 4 rings (SSSR count). The van der Waals surface area contributed by atoms with Crippen molar-refractivity contribution in [3.8, 4) is 0 Å². The van der Waals surface area contributed by atoms with Crippen molar-refractivity contribution in [3.05, 3.63) is 41.6 Å². The van der Waals surface area contributed by atoms with E-state index in [1.807, 2.05) is 4.90 Å². The second-order valence-corrected chi connectivity index (χ2v) is 6.68. The molecule has 1 amide bonds. The van der Waals surface area contributed by atoms with Gasteiger partial charge in [-0.15, -0.1) is 0 Å². The van der Waals surface area contributed by atoms with Crippen molar-refractivity contribution in [3.63, 3.8) is 0 Å². The number of likely N-dealkylation sites (tertiary alicyclic amines) is 1.